The smallest absolute Gasteiger partial charge is 0.323 e. The predicted molar refractivity (Wildman–Crippen MR) is 68.8 cm³/mol. The number of hydrogen-bond acceptors (Lipinski definition) is 4. The molecule has 0 aromatic carbocycles. The minimum atomic E-state index is -0.114. The molecule has 1 aliphatic heterocycles. The van der Waals surface area contributed by atoms with Crippen LogP contribution in [-0.4, -0.2) is 43.2 Å². The highest BCUT2D eigenvalue weighted by Gasteiger charge is 2.27. The Morgan fingerprint density at radius 2 is 2.06 bits per heavy atom. The van der Waals surface area contributed by atoms with Gasteiger partial charge in [-0.05, 0) is 45.3 Å². The zero-order chi connectivity index (χ0) is 12.5. The first-order valence-electron chi connectivity index (χ1n) is 6.90. The molecular formula is C13H26N2O2. The van der Waals surface area contributed by atoms with Crippen LogP contribution in [0.1, 0.15) is 45.4 Å². The van der Waals surface area contributed by atoms with Crippen LogP contribution in [0, 0.1) is 0 Å². The van der Waals surface area contributed by atoms with Crippen molar-refractivity contribution in [2.45, 2.75) is 51.5 Å². The molecule has 1 atom stereocenters. The lowest BCUT2D eigenvalue weighted by atomic mass is 10.1. The summed E-state index contributed by atoms with van der Waals surface area (Å²) in [6.07, 6.45) is 6.36. The predicted octanol–water partition coefficient (Wildman–Crippen LogP) is 1.53. The summed E-state index contributed by atoms with van der Waals surface area (Å²) < 4.78 is 5.31. The fraction of sp³-hybridized carbons (Fsp3) is 0.923. The van der Waals surface area contributed by atoms with Crippen molar-refractivity contribution in [1.82, 2.24) is 4.90 Å². The van der Waals surface area contributed by atoms with Gasteiger partial charge in [0.25, 0.3) is 0 Å². The summed E-state index contributed by atoms with van der Waals surface area (Å²) in [5, 5.41) is 0. The maximum absolute atomic E-state index is 12.0. The van der Waals surface area contributed by atoms with Gasteiger partial charge in [-0.2, -0.15) is 0 Å². The lowest BCUT2D eigenvalue weighted by Crippen LogP contribution is -2.46. The molecule has 0 spiro atoms. The van der Waals surface area contributed by atoms with E-state index in [1.807, 2.05) is 0 Å². The van der Waals surface area contributed by atoms with Crippen LogP contribution in [0.25, 0.3) is 0 Å². The lowest BCUT2D eigenvalue weighted by Gasteiger charge is -2.32. The number of piperidine rings is 1. The second-order valence-corrected chi connectivity index (χ2v) is 4.71. The number of esters is 1. The van der Waals surface area contributed by atoms with E-state index in [1.54, 1.807) is 0 Å². The largest absolute Gasteiger partial charge is 0.465 e. The first-order chi connectivity index (χ1) is 8.29. The average molecular weight is 242 g/mol. The van der Waals surface area contributed by atoms with Gasteiger partial charge in [0.05, 0.1) is 6.61 Å². The van der Waals surface area contributed by atoms with Crippen LogP contribution >= 0.6 is 0 Å². The van der Waals surface area contributed by atoms with Crippen LogP contribution in [0.2, 0.25) is 0 Å². The lowest BCUT2D eigenvalue weighted by molar-refractivity contribution is -0.150. The summed E-state index contributed by atoms with van der Waals surface area (Å²) in [6, 6.07) is -0.114. The number of ether oxygens (including phenoxy) is 1. The second kappa shape index (κ2) is 8.48. The fourth-order valence-electron chi connectivity index (χ4n) is 2.25. The zero-order valence-electron chi connectivity index (χ0n) is 11.0. The number of carbonyl (C=O) groups excluding carboxylic acids is 1. The third-order valence-electron chi connectivity index (χ3n) is 3.29. The Bertz CT molecular complexity index is 215. The van der Waals surface area contributed by atoms with Crippen molar-refractivity contribution < 1.29 is 9.53 Å². The summed E-state index contributed by atoms with van der Waals surface area (Å²) in [6.45, 7) is 5.20. The van der Waals surface area contributed by atoms with Crippen molar-refractivity contribution in [1.29, 1.82) is 0 Å². The van der Waals surface area contributed by atoms with Crippen LogP contribution in [0.15, 0.2) is 0 Å². The number of carbonyl (C=O) groups is 1. The summed E-state index contributed by atoms with van der Waals surface area (Å²) in [5.74, 6) is -0.0780. The van der Waals surface area contributed by atoms with Crippen molar-refractivity contribution in [3.63, 3.8) is 0 Å². The quantitative estimate of drug-likeness (QED) is 0.543. The summed E-state index contributed by atoms with van der Waals surface area (Å²) in [7, 11) is 0. The number of unbranched alkanes of at least 4 members (excludes halogenated alkanes) is 1. The summed E-state index contributed by atoms with van der Waals surface area (Å²) >= 11 is 0. The van der Waals surface area contributed by atoms with Gasteiger partial charge in [-0.15, -0.1) is 0 Å². The second-order valence-electron chi connectivity index (χ2n) is 4.71. The molecule has 1 aliphatic rings. The third-order valence-corrected chi connectivity index (χ3v) is 3.29. The van der Waals surface area contributed by atoms with E-state index >= 15 is 0 Å². The van der Waals surface area contributed by atoms with Crippen molar-refractivity contribution >= 4 is 5.97 Å². The van der Waals surface area contributed by atoms with E-state index in [0.29, 0.717) is 19.6 Å². The van der Waals surface area contributed by atoms with Crippen LogP contribution < -0.4 is 5.73 Å². The SMILES string of the molecule is CCCCOC(=O)C(CCN)N1CCCCC1. The number of hydrogen-bond donors (Lipinski definition) is 1. The molecule has 1 fully saturated rings. The monoisotopic (exact) mass is 242 g/mol. The number of nitrogens with two attached hydrogens (primary N) is 1. The van der Waals surface area contributed by atoms with Gasteiger partial charge in [0.15, 0.2) is 0 Å². The highest BCUT2D eigenvalue weighted by Crippen LogP contribution is 2.15. The number of rotatable bonds is 7. The Hall–Kier alpha value is -0.610. The van der Waals surface area contributed by atoms with Crippen molar-refractivity contribution in [2.24, 2.45) is 5.73 Å². The minimum absolute atomic E-state index is 0.0780. The highest BCUT2D eigenvalue weighted by atomic mass is 16.5. The summed E-state index contributed by atoms with van der Waals surface area (Å²) in [5.41, 5.74) is 5.59. The summed E-state index contributed by atoms with van der Waals surface area (Å²) in [4.78, 5) is 14.2. The first kappa shape index (κ1) is 14.5. The van der Waals surface area contributed by atoms with Gasteiger partial charge in [-0.25, -0.2) is 0 Å². The first-order valence-corrected chi connectivity index (χ1v) is 6.90. The van der Waals surface area contributed by atoms with E-state index in [-0.39, 0.29) is 12.0 Å². The Morgan fingerprint density at radius 1 is 1.35 bits per heavy atom. The zero-order valence-corrected chi connectivity index (χ0v) is 11.0. The van der Waals surface area contributed by atoms with Crippen molar-refractivity contribution in [3.8, 4) is 0 Å². The Labute approximate surface area is 104 Å². The fourth-order valence-corrected chi connectivity index (χ4v) is 2.25. The Balaban J connectivity index is 2.42. The van der Waals surface area contributed by atoms with E-state index in [0.717, 1.165) is 25.9 Å². The van der Waals surface area contributed by atoms with Crippen LogP contribution in [0.3, 0.4) is 0 Å². The van der Waals surface area contributed by atoms with Gasteiger partial charge in [-0.1, -0.05) is 19.8 Å². The minimum Gasteiger partial charge on any atom is -0.465 e. The van der Waals surface area contributed by atoms with Gasteiger partial charge < -0.3 is 10.5 Å². The van der Waals surface area contributed by atoms with Gasteiger partial charge in [0.1, 0.15) is 6.04 Å². The standard InChI is InChI=1S/C13H26N2O2/c1-2-3-11-17-13(16)12(7-8-14)15-9-5-4-6-10-15/h12H,2-11,14H2,1H3. The van der Waals surface area contributed by atoms with Crippen LogP contribution in [0.4, 0.5) is 0 Å². The molecule has 1 saturated heterocycles. The van der Waals surface area contributed by atoms with Gasteiger partial charge in [0.2, 0.25) is 0 Å². The van der Waals surface area contributed by atoms with Crippen molar-refractivity contribution in [2.75, 3.05) is 26.2 Å². The molecule has 0 saturated carbocycles. The molecule has 100 valence electrons. The molecule has 4 nitrogen and oxygen atoms in total. The van der Waals surface area contributed by atoms with Crippen LogP contribution in [0.5, 0.6) is 0 Å². The van der Waals surface area contributed by atoms with Crippen molar-refractivity contribution in [3.05, 3.63) is 0 Å². The highest BCUT2D eigenvalue weighted by molar-refractivity contribution is 5.75. The molecule has 1 unspecified atom stereocenters. The van der Waals surface area contributed by atoms with Gasteiger partial charge >= 0.3 is 5.97 Å². The maximum atomic E-state index is 12.0. The normalized spacial score (nSPS) is 18.9. The Kier molecular flexibility index (Phi) is 7.21. The molecule has 0 aromatic heterocycles. The molecule has 0 amide bonds. The molecule has 1 heterocycles. The molecule has 2 N–H and O–H groups in total. The van der Waals surface area contributed by atoms with Gasteiger partial charge in [0, 0.05) is 0 Å². The molecule has 0 aromatic rings. The van der Waals surface area contributed by atoms with Crippen LogP contribution in [-0.2, 0) is 9.53 Å². The van der Waals surface area contributed by atoms with E-state index in [1.165, 1.54) is 19.3 Å². The Morgan fingerprint density at radius 3 is 2.65 bits per heavy atom. The van der Waals surface area contributed by atoms with Gasteiger partial charge in [-0.3, -0.25) is 9.69 Å². The number of likely N-dealkylation sites (tertiary alicyclic amines) is 1. The maximum Gasteiger partial charge on any atom is 0.323 e. The molecule has 17 heavy (non-hydrogen) atoms. The van der Waals surface area contributed by atoms with E-state index in [2.05, 4.69) is 11.8 Å². The number of nitrogens with zero attached hydrogens (tertiary/aromatic N) is 1. The average Bonchev–Trinajstić information content (AvgIpc) is 2.37. The molecule has 1 rings (SSSR count). The molecule has 0 bridgehead atoms. The topological polar surface area (TPSA) is 55.6 Å². The van der Waals surface area contributed by atoms with E-state index in [9.17, 15) is 4.79 Å². The van der Waals surface area contributed by atoms with E-state index < -0.39 is 0 Å². The van der Waals surface area contributed by atoms with E-state index in [4.69, 9.17) is 10.5 Å². The third kappa shape index (κ3) is 5.04. The molecule has 4 heteroatoms. The molecular weight excluding hydrogens is 216 g/mol. The molecule has 0 radical (unpaired) electrons. The molecule has 0 aliphatic carbocycles.